The number of hydrogen-bond acceptors (Lipinski definition) is 2. The number of rotatable bonds is 9. The van der Waals surface area contributed by atoms with E-state index in [-0.39, 0.29) is 0 Å². The third-order valence-electron chi connectivity index (χ3n) is 6.06. The molecule has 4 heteroatoms. The minimum atomic E-state index is -1.78. The van der Waals surface area contributed by atoms with Crippen molar-refractivity contribution in [2.24, 2.45) is 11.8 Å². The van der Waals surface area contributed by atoms with Gasteiger partial charge in [-0.1, -0.05) is 60.1 Å². The van der Waals surface area contributed by atoms with Crippen LogP contribution in [-0.4, -0.2) is 23.2 Å². The standard InChI is InChI=1S/C23H46O2Si2/c1-17(2)27(18(3)4,19(5)6)24-13-12-21(8)22-14-20(7)15-23(16-22)25-26(9,10)11/h12,16-20,22H,13-15H2,1-11H3/b21-12+/t20-,22?/m1/s1. The van der Waals surface area contributed by atoms with Crippen molar-refractivity contribution in [3.8, 4) is 0 Å². The molecule has 1 aliphatic carbocycles. The van der Waals surface area contributed by atoms with Gasteiger partial charge >= 0.3 is 0 Å². The largest absolute Gasteiger partial charge is 0.548 e. The first-order valence-electron chi connectivity index (χ1n) is 11.0. The first-order chi connectivity index (χ1) is 12.3. The van der Waals surface area contributed by atoms with Gasteiger partial charge in [0.05, 0.1) is 12.4 Å². The zero-order valence-electron chi connectivity index (χ0n) is 20.0. The molecule has 0 spiro atoms. The summed E-state index contributed by atoms with van der Waals surface area (Å²) < 4.78 is 13.1. The van der Waals surface area contributed by atoms with Crippen LogP contribution in [0.3, 0.4) is 0 Å². The quantitative estimate of drug-likeness (QED) is 0.284. The average molecular weight is 411 g/mol. The Morgan fingerprint density at radius 1 is 1.07 bits per heavy atom. The van der Waals surface area contributed by atoms with E-state index in [2.05, 4.69) is 87.2 Å². The Kier molecular flexibility index (Phi) is 9.09. The van der Waals surface area contributed by atoms with Gasteiger partial charge in [0.25, 0.3) is 0 Å². The van der Waals surface area contributed by atoms with Gasteiger partial charge in [-0.25, -0.2) is 0 Å². The maximum Gasteiger partial charge on any atom is 0.241 e. The van der Waals surface area contributed by atoms with Gasteiger partial charge in [-0.2, -0.15) is 0 Å². The van der Waals surface area contributed by atoms with Crippen LogP contribution in [0.5, 0.6) is 0 Å². The van der Waals surface area contributed by atoms with E-state index < -0.39 is 16.6 Å². The van der Waals surface area contributed by atoms with Crippen LogP contribution in [-0.2, 0) is 8.85 Å². The van der Waals surface area contributed by atoms with Gasteiger partial charge in [-0.05, 0) is 61.6 Å². The second-order valence-electron chi connectivity index (χ2n) is 10.6. The van der Waals surface area contributed by atoms with Gasteiger partial charge in [-0.15, -0.1) is 0 Å². The van der Waals surface area contributed by atoms with Crippen LogP contribution in [0.2, 0.25) is 36.3 Å². The van der Waals surface area contributed by atoms with E-state index >= 15 is 0 Å². The molecule has 1 unspecified atom stereocenters. The molecule has 0 aromatic carbocycles. The lowest BCUT2D eigenvalue weighted by atomic mass is 9.83. The van der Waals surface area contributed by atoms with Crippen LogP contribution in [0.4, 0.5) is 0 Å². The predicted octanol–water partition coefficient (Wildman–Crippen LogP) is 7.91. The number of allylic oxidation sites excluding steroid dienone is 3. The minimum Gasteiger partial charge on any atom is -0.548 e. The minimum absolute atomic E-state index is 0.497. The molecule has 0 N–H and O–H groups in total. The SMILES string of the molecule is C/C(=C\CO[Si](C(C)C)(C(C)C)C(C)C)C1C=C(O[Si](C)(C)C)C[C@H](C)C1. The predicted molar refractivity (Wildman–Crippen MR) is 125 cm³/mol. The molecule has 158 valence electrons. The average Bonchev–Trinajstić information content (AvgIpc) is 2.47. The van der Waals surface area contributed by atoms with E-state index in [0.29, 0.717) is 28.5 Å². The lowest BCUT2D eigenvalue weighted by molar-refractivity contribution is 0.309. The maximum absolute atomic E-state index is 6.73. The Hall–Kier alpha value is -0.326. The van der Waals surface area contributed by atoms with E-state index in [1.807, 2.05) is 0 Å². The van der Waals surface area contributed by atoms with E-state index in [1.54, 1.807) is 0 Å². The maximum atomic E-state index is 6.73. The second-order valence-corrected chi connectivity index (χ2v) is 20.5. The normalized spacial score (nSPS) is 22.6. The van der Waals surface area contributed by atoms with Crippen LogP contribution in [0.25, 0.3) is 0 Å². The monoisotopic (exact) mass is 410 g/mol. The summed E-state index contributed by atoms with van der Waals surface area (Å²) in [6, 6.07) is 0. The molecule has 0 aliphatic heterocycles. The molecular weight excluding hydrogens is 364 g/mol. The van der Waals surface area contributed by atoms with E-state index in [4.69, 9.17) is 8.85 Å². The van der Waals surface area contributed by atoms with Crippen molar-refractivity contribution in [2.45, 2.75) is 104 Å². The van der Waals surface area contributed by atoms with Gasteiger partial charge in [-0.3, -0.25) is 0 Å². The topological polar surface area (TPSA) is 18.5 Å². The van der Waals surface area contributed by atoms with Crippen LogP contribution >= 0.6 is 0 Å². The Morgan fingerprint density at radius 3 is 2.04 bits per heavy atom. The van der Waals surface area contributed by atoms with Crippen LogP contribution in [0.1, 0.15) is 68.2 Å². The lowest BCUT2D eigenvalue weighted by Gasteiger charge is -2.42. The van der Waals surface area contributed by atoms with Crippen molar-refractivity contribution in [2.75, 3.05) is 6.61 Å². The summed E-state index contributed by atoms with van der Waals surface area (Å²) >= 11 is 0. The Bertz CT molecular complexity index is 505. The summed E-state index contributed by atoms with van der Waals surface area (Å²) in [4.78, 5) is 0. The molecule has 0 radical (unpaired) electrons. The highest BCUT2D eigenvalue weighted by atomic mass is 28.4. The van der Waals surface area contributed by atoms with Crippen molar-refractivity contribution in [1.29, 1.82) is 0 Å². The highest BCUT2D eigenvalue weighted by Gasteiger charge is 2.44. The molecule has 2 nitrogen and oxygen atoms in total. The lowest BCUT2D eigenvalue weighted by Crippen LogP contribution is -2.47. The summed E-state index contributed by atoms with van der Waals surface area (Å²) in [7, 11) is -3.32. The van der Waals surface area contributed by atoms with E-state index in [1.165, 1.54) is 17.8 Å². The van der Waals surface area contributed by atoms with E-state index in [0.717, 1.165) is 13.0 Å². The molecule has 0 aromatic heterocycles. The number of hydrogen-bond donors (Lipinski definition) is 0. The van der Waals surface area contributed by atoms with E-state index in [9.17, 15) is 0 Å². The molecule has 0 amide bonds. The van der Waals surface area contributed by atoms with Crippen molar-refractivity contribution in [3.63, 3.8) is 0 Å². The molecular formula is C23H46O2Si2. The van der Waals surface area contributed by atoms with Gasteiger partial charge in [0, 0.05) is 12.3 Å². The molecule has 0 heterocycles. The van der Waals surface area contributed by atoms with Crippen LogP contribution in [0, 0.1) is 11.8 Å². The molecule has 0 saturated heterocycles. The van der Waals surface area contributed by atoms with Crippen LogP contribution < -0.4 is 0 Å². The smallest absolute Gasteiger partial charge is 0.241 e. The second kappa shape index (κ2) is 9.93. The summed E-state index contributed by atoms with van der Waals surface area (Å²) in [5.41, 5.74) is 3.35. The van der Waals surface area contributed by atoms with Gasteiger partial charge in [0.15, 0.2) is 0 Å². The summed E-state index contributed by atoms with van der Waals surface area (Å²) in [6.45, 7) is 26.3. The van der Waals surface area contributed by atoms with Crippen molar-refractivity contribution >= 4 is 16.6 Å². The Labute approximate surface area is 172 Å². The molecule has 1 aliphatic rings. The molecule has 27 heavy (non-hydrogen) atoms. The van der Waals surface area contributed by atoms with Gasteiger partial charge < -0.3 is 8.85 Å². The first-order valence-corrected chi connectivity index (χ1v) is 16.5. The van der Waals surface area contributed by atoms with Crippen molar-refractivity contribution < 1.29 is 8.85 Å². The molecule has 0 saturated carbocycles. The molecule has 0 fully saturated rings. The Balaban J connectivity index is 2.90. The fraction of sp³-hybridized carbons (Fsp3) is 0.826. The fourth-order valence-electron chi connectivity index (χ4n) is 4.98. The van der Waals surface area contributed by atoms with Crippen molar-refractivity contribution in [1.82, 2.24) is 0 Å². The van der Waals surface area contributed by atoms with Crippen LogP contribution in [0.15, 0.2) is 23.5 Å². The Morgan fingerprint density at radius 2 is 1.59 bits per heavy atom. The van der Waals surface area contributed by atoms with Gasteiger partial charge in [0.2, 0.25) is 16.6 Å². The van der Waals surface area contributed by atoms with Crippen molar-refractivity contribution in [3.05, 3.63) is 23.5 Å². The zero-order chi connectivity index (χ0) is 21.0. The highest BCUT2D eigenvalue weighted by Crippen LogP contribution is 2.42. The van der Waals surface area contributed by atoms with Gasteiger partial charge in [0.1, 0.15) is 0 Å². The molecule has 0 bridgehead atoms. The summed E-state index contributed by atoms with van der Waals surface area (Å²) in [6.07, 6.45) is 7.05. The highest BCUT2D eigenvalue weighted by molar-refractivity contribution is 6.77. The fourth-order valence-corrected chi connectivity index (χ4v) is 11.3. The zero-order valence-corrected chi connectivity index (χ0v) is 22.0. The third-order valence-corrected chi connectivity index (χ3v) is 13.0. The molecule has 1 rings (SSSR count). The molecule has 0 aromatic rings. The summed E-state index contributed by atoms with van der Waals surface area (Å²) in [5.74, 6) is 2.41. The summed E-state index contributed by atoms with van der Waals surface area (Å²) in [5, 5.41) is 0. The first kappa shape index (κ1) is 24.7. The molecule has 2 atom stereocenters. The third kappa shape index (κ3) is 6.90.